The van der Waals surface area contributed by atoms with E-state index in [0.717, 1.165) is 25.9 Å². The molecule has 1 unspecified atom stereocenters. The summed E-state index contributed by atoms with van der Waals surface area (Å²) in [7, 11) is 0. The maximum atomic E-state index is 11.9. The fourth-order valence-corrected chi connectivity index (χ4v) is 1.85. The molecule has 1 saturated heterocycles. The lowest BCUT2D eigenvalue weighted by atomic mass is 9.95. The van der Waals surface area contributed by atoms with Crippen LogP contribution in [0.15, 0.2) is 12.7 Å². The Hall–Kier alpha value is -0.540. The van der Waals surface area contributed by atoms with Crippen molar-refractivity contribution in [3.05, 3.63) is 12.7 Å². The minimum Gasteiger partial charge on any atom is -0.341 e. The van der Waals surface area contributed by atoms with Crippen LogP contribution >= 0.6 is 12.4 Å². The molecule has 0 saturated carbocycles. The van der Waals surface area contributed by atoms with Crippen molar-refractivity contribution in [3.63, 3.8) is 0 Å². The minimum atomic E-state index is -0.342. The molecule has 1 amide bonds. The van der Waals surface area contributed by atoms with Gasteiger partial charge in [-0.25, -0.2) is 0 Å². The molecule has 1 fully saturated rings. The predicted octanol–water partition coefficient (Wildman–Crippen LogP) is 1.82. The van der Waals surface area contributed by atoms with Crippen molar-refractivity contribution in [3.8, 4) is 0 Å². The molecular weight excluding hydrogens is 224 g/mol. The first-order valence-electron chi connectivity index (χ1n) is 5.73. The predicted molar refractivity (Wildman–Crippen MR) is 69.6 cm³/mol. The summed E-state index contributed by atoms with van der Waals surface area (Å²) < 4.78 is 0. The van der Waals surface area contributed by atoms with E-state index in [0.29, 0.717) is 5.92 Å². The topological polar surface area (TPSA) is 46.3 Å². The quantitative estimate of drug-likeness (QED) is 0.773. The monoisotopic (exact) mass is 246 g/mol. The molecule has 0 aliphatic carbocycles. The first-order chi connectivity index (χ1) is 7.06. The van der Waals surface area contributed by atoms with Gasteiger partial charge in [-0.2, -0.15) is 0 Å². The highest BCUT2D eigenvalue weighted by atomic mass is 35.5. The maximum absolute atomic E-state index is 11.9. The third-order valence-corrected chi connectivity index (χ3v) is 3.19. The van der Waals surface area contributed by atoms with Crippen LogP contribution in [0.4, 0.5) is 0 Å². The first-order valence-corrected chi connectivity index (χ1v) is 5.73. The summed E-state index contributed by atoms with van der Waals surface area (Å²) >= 11 is 0. The Morgan fingerprint density at radius 2 is 1.94 bits per heavy atom. The van der Waals surface area contributed by atoms with Gasteiger partial charge in [-0.3, -0.25) is 4.79 Å². The number of amides is 1. The number of carbonyl (C=O) groups is 1. The summed E-state index contributed by atoms with van der Waals surface area (Å²) in [5.41, 5.74) is 5.85. The molecule has 16 heavy (non-hydrogen) atoms. The van der Waals surface area contributed by atoms with Crippen LogP contribution in [0.1, 0.15) is 26.7 Å². The van der Waals surface area contributed by atoms with Crippen LogP contribution < -0.4 is 5.73 Å². The summed E-state index contributed by atoms with van der Waals surface area (Å²) in [5.74, 6) is 0.895. The zero-order chi connectivity index (χ0) is 11.4. The van der Waals surface area contributed by atoms with Gasteiger partial charge in [0.1, 0.15) is 0 Å². The van der Waals surface area contributed by atoms with Gasteiger partial charge in [0.15, 0.2) is 0 Å². The Morgan fingerprint density at radius 1 is 1.44 bits per heavy atom. The first kappa shape index (κ1) is 15.5. The van der Waals surface area contributed by atoms with Gasteiger partial charge < -0.3 is 10.6 Å². The number of piperidine rings is 1. The maximum Gasteiger partial charge on any atom is 0.239 e. The SMILES string of the molecule is C=CC1CCN(C(=O)C(N)C(C)C)CC1.Cl. The highest BCUT2D eigenvalue weighted by Crippen LogP contribution is 2.18. The molecule has 0 aromatic rings. The number of hydrogen-bond donors (Lipinski definition) is 1. The van der Waals surface area contributed by atoms with Crippen LogP contribution in [0.5, 0.6) is 0 Å². The van der Waals surface area contributed by atoms with E-state index in [1.54, 1.807) is 0 Å². The molecule has 1 atom stereocenters. The van der Waals surface area contributed by atoms with Crippen LogP contribution in [0.2, 0.25) is 0 Å². The molecule has 0 radical (unpaired) electrons. The molecule has 0 spiro atoms. The molecule has 94 valence electrons. The fourth-order valence-electron chi connectivity index (χ4n) is 1.85. The van der Waals surface area contributed by atoms with E-state index < -0.39 is 0 Å². The van der Waals surface area contributed by atoms with E-state index in [2.05, 4.69) is 6.58 Å². The molecular formula is C12H23ClN2O. The third-order valence-electron chi connectivity index (χ3n) is 3.19. The number of halogens is 1. The van der Waals surface area contributed by atoms with E-state index >= 15 is 0 Å². The third kappa shape index (κ3) is 3.80. The average Bonchev–Trinajstić information content (AvgIpc) is 2.27. The number of carbonyl (C=O) groups excluding carboxylic acids is 1. The second-order valence-electron chi connectivity index (χ2n) is 4.67. The lowest BCUT2D eigenvalue weighted by Gasteiger charge is -2.33. The smallest absolute Gasteiger partial charge is 0.239 e. The molecule has 0 aromatic heterocycles. The average molecular weight is 247 g/mol. The molecule has 1 heterocycles. The van der Waals surface area contributed by atoms with Crippen LogP contribution in [-0.4, -0.2) is 29.9 Å². The van der Waals surface area contributed by atoms with Crippen molar-refractivity contribution in [2.75, 3.05) is 13.1 Å². The van der Waals surface area contributed by atoms with Gasteiger partial charge >= 0.3 is 0 Å². The summed E-state index contributed by atoms with van der Waals surface area (Å²) in [6, 6.07) is -0.342. The van der Waals surface area contributed by atoms with Crippen molar-refractivity contribution in [2.45, 2.75) is 32.7 Å². The van der Waals surface area contributed by atoms with Crippen LogP contribution in [0.3, 0.4) is 0 Å². The summed E-state index contributed by atoms with van der Waals surface area (Å²) in [6.45, 7) is 9.42. The van der Waals surface area contributed by atoms with Crippen molar-refractivity contribution < 1.29 is 4.79 Å². The van der Waals surface area contributed by atoms with E-state index in [1.165, 1.54) is 0 Å². The molecule has 1 aliphatic rings. The zero-order valence-electron chi connectivity index (χ0n) is 10.2. The number of allylic oxidation sites excluding steroid dienone is 1. The Bertz CT molecular complexity index is 235. The molecule has 2 N–H and O–H groups in total. The standard InChI is InChI=1S/C12H22N2O.ClH/c1-4-10-5-7-14(8-6-10)12(15)11(13)9(2)3;/h4,9-11H,1,5-8,13H2,2-3H3;1H. The molecule has 4 heteroatoms. The van der Waals surface area contributed by atoms with Crippen LogP contribution in [0.25, 0.3) is 0 Å². The Morgan fingerprint density at radius 3 is 2.31 bits per heavy atom. The van der Waals surface area contributed by atoms with Crippen molar-refractivity contribution in [1.29, 1.82) is 0 Å². The molecule has 1 rings (SSSR count). The molecule has 3 nitrogen and oxygen atoms in total. The van der Waals surface area contributed by atoms with E-state index in [4.69, 9.17) is 5.73 Å². The second-order valence-corrected chi connectivity index (χ2v) is 4.67. The normalized spacial score (nSPS) is 19.1. The highest BCUT2D eigenvalue weighted by Gasteiger charge is 2.26. The summed E-state index contributed by atoms with van der Waals surface area (Å²) in [4.78, 5) is 13.8. The van der Waals surface area contributed by atoms with E-state index in [9.17, 15) is 4.79 Å². The lowest BCUT2D eigenvalue weighted by molar-refractivity contribution is -0.134. The molecule has 0 bridgehead atoms. The number of hydrogen-bond acceptors (Lipinski definition) is 2. The number of nitrogens with two attached hydrogens (primary N) is 1. The van der Waals surface area contributed by atoms with Crippen molar-refractivity contribution in [1.82, 2.24) is 4.90 Å². The minimum absolute atomic E-state index is 0. The second kappa shape index (κ2) is 6.92. The number of rotatable bonds is 3. The Labute approximate surface area is 104 Å². The van der Waals surface area contributed by atoms with Gasteiger partial charge in [-0.15, -0.1) is 19.0 Å². The zero-order valence-corrected chi connectivity index (χ0v) is 11.0. The summed E-state index contributed by atoms with van der Waals surface area (Å²) in [6.07, 6.45) is 4.05. The lowest BCUT2D eigenvalue weighted by Crippen LogP contribution is -2.49. The van der Waals surface area contributed by atoms with Crippen molar-refractivity contribution in [2.24, 2.45) is 17.6 Å². The fraction of sp³-hybridized carbons (Fsp3) is 0.750. The molecule has 1 aliphatic heterocycles. The van der Waals surface area contributed by atoms with E-state index in [1.807, 2.05) is 24.8 Å². The van der Waals surface area contributed by atoms with Gasteiger partial charge in [0.05, 0.1) is 6.04 Å². The van der Waals surface area contributed by atoms with Crippen LogP contribution in [-0.2, 0) is 4.79 Å². The van der Waals surface area contributed by atoms with Gasteiger partial charge in [-0.1, -0.05) is 19.9 Å². The van der Waals surface area contributed by atoms with E-state index in [-0.39, 0.29) is 30.3 Å². The van der Waals surface area contributed by atoms with Gasteiger partial charge in [-0.05, 0) is 24.7 Å². The largest absolute Gasteiger partial charge is 0.341 e. The van der Waals surface area contributed by atoms with Crippen molar-refractivity contribution >= 4 is 18.3 Å². The van der Waals surface area contributed by atoms with Gasteiger partial charge in [0.25, 0.3) is 0 Å². The Kier molecular flexibility index (Phi) is 6.68. The van der Waals surface area contributed by atoms with Gasteiger partial charge in [0, 0.05) is 13.1 Å². The Balaban J connectivity index is 0.00000225. The highest BCUT2D eigenvalue weighted by molar-refractivity contribution is 5.85. The van der Waals surface area contributed by atoms with Gasteiger partial charge in [0.2, 0.25) is 5.91 Å². The number of likely N-dealkylation sites (tertiary alicyclic amines) is 1. The molecule has 0 aromatic carbocycles. The number of nitrogens with zero attached hydrogens (tertiary/aromatic N) is 1. The van der Waals surface area contributed by atoms with Crippen LogP contribution in [0, 0.1) is 11.8 Å². The summed E-state index contributed by atoms with van der Waals surface area (Å²) in [5, 5.41) is 0.